The number of aromatic nitrogens is 5. The number of rotatable bonds is 6. The number of esters is 1. The van der Waals surface area contributed by atoms with Crippen LogP contribution in [0.3, 0.4) is 0 Å². The highest BCUT2D eigenvalue weighted by Gasteiger charge is 2.17. The first kappa shape index (κ1) is 20.0. The lowest BCUT2D eigenvalue weighted by Gasteiger charge is -2.08. The van der Waals surface area contributed by atoms with Gasteiger partial charge in [0, 0.05) is 0 Å². The van der Waals surface area contributed by atoms with E-state index in [9.17, 15) is 9.59 Å². The first-order chi connectivity index (χ1) is 15.0. The van der Waals surface area contributed by atoms with Gasteiger partial charge in [0.15, 0.2) is 6.61 Å². The maximum atomic E-state index is 12.4. The van der Waals surface area contributed by atoms with E-state index in [-0.39, 0.29) is 0 Å². The Morgan fingerprint density at radius 3 is 2.42 bits per heavy atom. The van der Waals surface area contributed by atoms with Gasteiger partial charge in [-0.05, 0) is 50.2 Å². The van der Waals surface area contributed by atoms with Gasteiger partial charge in [-0.15, -0.1) is 0 Å². The number of para-hydroxylation sites is 1. The third-order valence-corrected chi connectivity index (χ3v) is 4.68. The quantitative estimate of drug-likeness (QED) is 0.485. The molecule has 0 aliphatic rings. The molecule has 9 nitrogen and oxygen atoms in total. The highest BCUT2D eigenvalue weighted by molar-refractivity contribution is 5.96. The highest BCUT2D eigenvalue weighted by Crippen LogP contribution is 2.22. The van der Waals surface area contributed by atoms with Crippen LogP contribution in [-0.4, -0.2) is 43.0 Å². The lowest BCUT2D eigenvalue weighted by atomic mass is 10.2. The first-order valence-corrected chi connectivity index (χ1v) is 9.56. The van der Waals surface area contributed by atoms with E-state index >= 15 is 0 Å². The van der Waals surface area contributed by atoms with Crippen molar-refractivity contribution in [1.82, 2.24) is 24.5 Å². The number of nitrogens with one attached hydrogen (secondary N) is 1. The number of amides is 1. The van der Waals surface area contributed by atoms with Crippen molar-refractivity contribution < 1.29 is 14.3 Å². The van der Waals surface area contributed by atoms with E-state index in [1.165, 1.54) is 6.33 Å². The average Bonchev–Trinajstić information content (AvgIpc) is 3.43. The summed E-state index contributed by atoms with van der Waals surface area (Å²) in [6, 6.07) is 16.3. The standard InChI is InChI=1S/C22H20N6O3/c1-15-21(16(2)28(26-15)19-6-4-3-5-7-19)25-20(29)12-31-22(30)17-8-10-18(11-9-17)27-14-23-13-24-27/h3-11,13-14H,12H2,1-2H3,(H,25,29). The van der Waals surface area contributed by atoms with E-state index < -0.39 is 18.5 Å². The molecule has 4 aromatic rings. The number of benzene rings is 2. The lowest BCUT2D eigenvalue weighted by Crippen LogP contribution is -2.21. The Hall–Kier alpha value is -4.27. The van der Waals surface area contributed by atoms with Crippen molar-refractivity contribution in [3.05, 3.63) is 84.2 Å². The molecule has 0 aliphatic carbocycles. The van der Waals surface area contributed by atoms with Crippen LogP contribution in [0.25, 0.3) is 11.4 Å². The van der Waals surface area contributed by atoms with Crippen LogP contribution in [0.5, 0.6) is 0 Å². The van der Waals surface area contributed by atoms with Crippen LogP contribution in [0.15, 0.2) is 67.3 Å². The molecule has 2 aromatic carbocycles. The third-order valence-electron chi connectivity index (χ3n) is 4.68. The second-order valence-corrected chi connectivity index (χ2v) is 6.80. The lowest BCUT2D eigenvalue weighted by molar-refractivity contribution is -0.119. The number of aryl methyl sites for hydroxylation is 1. The van der Waals surface area contributed by atoms with E-state index in [1.807, 2.05) is 44.2 Å². The highest BCUT2D eigenvalue weighted by atomic mass is 16.5. The second kappa shape index (κ2) is 8.62. The van der Waals surface area contributed by atoms with Crippen molar-refractivity contribution in [3.8, 4) is 11.4 Å². The van der Waals surface area contributed by atoms with Crippen LogP contribution in [0.1, 0.15) is 21.7 Å². The Balaban J connectivity index is 1.37. The molecule has 1 N–H and O–H groups in total. The Kier molecular flexibility index (Phi) is 5.57. The summed E-state index contributed by atoms with van der Waals surface area (Å²) >= 11 is 0. The molecule has 2 aromatic heterocycles. The second-order valence-electron chi connectivity index (χ2n) is 6.80. The van der Waals surface area contributed by atoms with E-state index in [1.54, 1.807) is 40.0 Å². The fourth-order valence-corrected chi connectivity index (χ4v) is 3.13. The third kappa shape index (κ3) is 4.35. The van der Waals surface area contributed by atoms with Gasteiger partial charge < -0.3 is 10.1 Å². The summed E-state index contributed by atoms with van der Waals surface area (Å²) in [6.45, 7) is 3.27. The van der Waals surface area contributed by atoms with Gasteiger partial charge in [-0.1, -0.05) is 18.2 Å². The largest absolute Gasteiger partial charge is 0.452 e. The van der Waals surface area contributed by atoms with Crippen LogP contribution in [0, 0.1) is 13.8 Å². The molecule has 31 heavy (non-hydrogen) atoms. The van der Waals surface area contributed by atoms with Gasteiger partial charge in [0.05, 0.1) is 34.0 Å². The van der Waals surface area contributed by atoms with Crippen molar-refractivity contribution in [1.29, 1.82) is 0 Å². The van der Waals surface area contributed by atoms with E-state index in [4.69, 9.17) is 4.74 Å². The van der Waals surface area contributed by atoms with Crippen LogP contribution in [0.2, 0.25) is 0 Å². The normalized spacial score (nSPS) is 10.6. The summed E-state index contributed by atoms with van der Waals surface area (Å²) < 4.78 is 8.48. The molecule has 0 spiro atoms. The topological polar surface area (TPSA) is 104 Å². The molecule has 0 atom stereocenters. The number of nitrogens with zero attached hydrogens (tertiary/aromatic N) is 5. The summed E-state index contributed by atoms with van der Waals surface area (Å²) in [6.07, 6.45) is 2.98. The molecule has 156 valence electrons. The van der Waals surface area contributed by atoms with Gasteiger partial charge in [-0.2, -0.15) is 10.2 Å². The molecule has 0 unspecified atom stereocenters. The molecule has 0 radical (unpaired) electrons. The summed E-state index contributed by atoms with van der Waals surface area (Å²) in [4.78, 5) is 28.5. The van der Waals surface area contributed by atoms with Crippen LogP contribution < -0.4 is 5.32 Å². The zero-order chi connectivity index (χ0) is 21.8. The predicted octanol–water partition coefficient (Wildman–Crippen LogP) is 2.87. The number of anilines is 1. The smallest absolute Gasteiger partial charge is 0.338 e. The minimum absolute atomic E-state index is 0.334. The number of carbonyl (C=O) groups is 2. The minimum atomic E-state index is -0.589. The van der Waals surface area contributed by atoms with Crippen molar-refractivity contribution in [3.63, 3.8) is 0 Å². The summed E-state index contributed by atoms with van der Waals surface area (Å²) in [5, 5.41) is 11.3. The molecule has 0 saturated heterocycles. The Bertz CT molecular complexity index is 1200. The molecular formula is C22H20N6O3. The summed E-state index contributed by atoms with van der Waals surface area (Å²) in [5.74, 6) is -1.03. The summed E-state index contributed by atoms with van der Waals surface area (Å²) in [7, 11) is 0. The molecule has 4 rings (SSSR count). The Morgan fingerprint density at radius 1 is 1.00 bits per heavy atom. The maximum absolute atomic E-state index is 12.4. The van der Waals surface area contributed by atoms with E-state index in [2.05, 4.69) is 20.5 Å². The Morgan fingerprint density at radius 2 is 1.74 bits per heavy atom. The van der Waals surface area contributed by atoms with E-state index in [0.29, 0.717) is 16.9 Å². The van der Waals surface area contributed by atoms with Crippen LogP contribution in [-0.2, 0) is 9.53 Å². The van der Waals surface area contributed by atoms with Gasteiger partial charge in [-0.25, -0.2) is 19.1 Å². The number of ether oxygens (including phenoxy) is 1. The number of hydrogen-bond donors (Lipinski definition) is 1. The maximum Gasteiger partial charge on any atom is 0.338 e. The van der Waals surface area contributed by atoms with Crippen LogP contribution >= 0.6 is 0 Å². The van der Waals surface area contributed by atoms with Crippen molar-refractivity contribution in [2.45, 2.75) is 13.8 Å². The summed E-state index contributed by atoms with van der Waals surface area (Å²) in [5.41, 5.74) is 4.04. The van der Waals surface area contributed by atoms with Gasteiger partial charge in [0.2, 0.25) is 0 Å². The zero-order valence-electron chi connectivity index (χ0n) is 17.0. The zero-order valence-corrected chi connectivity index (χ0v) is 17.0. The molecule has 0 fully saturated rings. The Labute approximate surface area is 178 Å². The molecule has 0 bridgehead atoms. The number of carbonyl (C=O) groups excluding carboxylic acids is 2. The van der Waals surface area contributed by atoms with Gasteiger partial charge in [-0.3, -0.25) is 4.79 Å². The molecular weight excluding hydrogens is 396 g/mol. The average molecular weight is 416 g/mol. The van der Waals surface area contributed by atoms with E-state index in [0.717, 1.165) is 17.1 Å². The minimum Gasteiger partial charge on any atom is -0.452 e. The van der Waals surface area contributed by atoms with Gasteiger partial charge in [0.1, 0.15) is 12.7 Å². The fourth-order valence-electron chi connectivity index (χ4n) is 3.13. The molecule has 0 saturated carbocycles. The monoisotopic (exact) mass is 416 g/mol. The van der Waals surface area contributed by atoms with Gasteiger partial charge in [0.25, 0.3) is 5.91 Å². The molecule has 1 amide bonds. The molecule has 0 aliphatic heterocycles. The number of hydrogen-bond acceptors (Lipinski definition) is 6. The van der Waals surface area contributed by atoms with Gasteiger partial charge >= 0.3 is 5.97 Å². The van der Waals surface area contributed by atoms with Crippen molar-refractivity contribution in [2.24, 2.45) is 0 Å². The first-order valence-electron chi connectivity index (χ1n) is 9.56. The SMILES string of the molecule is Cc1nn(-c2ccccc2)c(C)c1NC(=O)COC(=O)c1ccc(-n2cncn2)cc1. The predicted molar refractivity (Wildman–Crippen MR) is 113 cm³/mol. The van der Waals surface area contributed by atoms with Crippen molar-refractivity contribution in [2.75, 3.05) is 11.9 Å². The van der Waals surface area contributed by atoms with Crippen molar-refractivity contribution >= 4 is 17.6 Å². The van der Waals surface area contributed by atoms with Crippen LogP contribution in [0.4, 0.5) is 5.69 Å². The molecule has 9 heteroatoms. The molecule has 2 heterocycles. The fraction of sp³-hybridized carbons (Fsp3) is 0.136.